The number of rotatable bonds is 8. The Balaban J connectivity index is 1.58. The van der Waals surface area contributed by atoms with Crippen LogP contribution in [0.3, 0.4) is 0 Å². The van der Waals surface area contributed by atoms with Crippen LogP contribution in [0.2, 0.25) is 0 Å². The fourth-order valence-electron chi connectivity index (χ4n) is 4.34. The Hall–Kier alpha value is -2.28. The summed E-state index contributed by atoms with van der Waals surface area (Å²) in [6.45, 7) is 6.22. The van der Waals surface area contributed by atoms with Gasteiger partial charge in [0.25, 0.3) is 0 Å². The molecule has 6 atom stereocenters. The van der Waals surface area contributed by atoms with E-state index in [9.17, 15) is 20.4 Å². The standard InChI is InChI=1S/C24H33FN2O8/c1-12(2)27-13(3)17(8-14-4-5-15(9-18(14)25)33-16-6-7-32-11-16)23(26-27)35-24-22(31)21(30)20(29)19(10-28)34-24/h4-5,9,12,16,19-22,24,28-31H,6-8,10-11H2,1-3H3/t16?,19-,20-,21+,22-,24+/m1/s1. The highest BCUT2D eigenvalue weighted by atomic mass is 19.1. The van der Waals surface area contributed by atoms with Gasteiger partial charge in [0.05, 0.1) is 19.8 Å². The third-order valence-electron chi connectivity index (χ3n) is 6.38. The molecule has 2 aliphatic heterocycles. The first kappa shape index (κ1) is 25.8. The number of ether oxygens (including phenoxy) is 4. The Morgan fingerprint density at radius 1 is 1.17 bits per heavy atom. The minimum Gasteiger partial charge on any atom is -0.488 e. The van der Waals surface area contributed by atoms with Crippen LogP contribution >= 0.6 is 0 Å². The first-order chi connectivity index (χ1) is 16.7. The zero-order valence-corrected chi connectivity index (χ0v) is 20.0. The van der Waals surface area contributed by atoms with Crippen LogP contribution in [0.25, 0.3) is 0 Å². The fourth-order valence-corrected chi connectivity index (χ4v) is 4.34. The van der Waals surface area contributed by atoms with Crippen LogP contribution in [0.15, 0.2) is 18.2 Å². The van der Waals surface area contributed by atoms with E-state index in [0.29, 0.717) is 30.1 Å². The Kier molecular flexibility index (Phi) is 7.94. The molecule has 4 rings (SSSR count). The zero-order valence-electron chi connectivity index (χ0n) is 20.0. The Morgan fingerprint density at radius 3 is 2.57 bits per heavy atom. The normalized spacial score (nSPS) is 29.1. The van der Waals surface area contributed by atoms with E-state index in [0.717, 1.165) is 12.1 Å². The smallest absolute Gasteiger partial charge is 0.239 e. The van der Waals surface area contributed by atoms with Crippen molar-refractivity contribution in [1.29, 1.82) is 0 Å². The number of aromatic nitrogens is 2. The second kappa shape index (κ2) is 10.8. The number of benzene rings is 1. The predicted molar refractivity (Wildman–Crippen MR) is 121 cm³/mol. The maximum atomic E-state index is 15.0. The van der Waals surface area contributed by atoms with Gasteiger partial charge < -0.3 is 39.4 Å². The number of aliphatic hydroxyl groups is 4. The lowest BCUT2D eigenvalue weighted by atomic mass is 9.99. The molecule has 0 saturated carbocycles. The molecule has 2 aromatic rings. The van der Waals surface area contributed by atoms with Gasteiger partial charge in [-0.05, 0) is 32.4 Å². The Morgan fingerprint density at radius 2 is 1.94 bits per heavy atom. The summed E-state index contributed by atoms with van der Waals surface area (Å²) in [5.74, 6) is 0.0782. The zero-order chi connectivity index (χ0) is 25.3. The molecule has 0 aliphatic carbocycles. The van der Waals surface area contributed by atoms with Crippen LogP contribution in [0.5, 0.6) is 11.6 Å². The minimum atomic E-state index is -1.59. The van der Waals surface area contributed by atoms with E-state index >= 15 is 4.39 Å². The Labute approximate surface area is 202 Å². The maximum Gasteiger partial charge on any atom is 0.239 e. The van der Waals surface area contributed by atoms with Gasteiger partial charge in [0.2, 0.25) is 12.2 Å². The molecular formula is C24H33FN2O8. The van der Waals surface area contributed by atoms with Crippen molar-refractivity contribution in [3.63, 3.8) is 0 Å². The second-order valence-electron chi connectivity index (χ2n) is 9.26. The predicted octanol–water partition coefficient (Wildman–Crippen LogP) is 0.849. The van der Waals surface area contributed by atoms with E-state index in [1.807, 2.05) is 20.8 Å². The van der Waals surface area contributed by atoms with E-state index < -0.39 is 43.1 Å². The van der Waals surface area contributed by atoms with Gasteiger partial charge in [0.1, 0.15) is 42.1 Å². The largest absolute Gasteiger partial charge is 0.488 e. The average Bonchev–Trinajstić information content (AvgIpc) is 3.44. The molecule has 0 spiro atoms. The summed E-state index contributed by atoms with van der Waals surface area (Å²) in [5, 5.41) is 44.4. The monoisotopic (exact) mass is 496 g/mol. The second-order valence-corrected chi connectivity index (χ2v) is 9.26. The van der Waals surface area contributed by atoms with E-state index in [2.05, 4.69) is 5.10 Å². The third kappa shape index (κ3) is 5.45. The van der Waals surface area contributed by atoms with E-state index in [1.165, 1.54) is 6.07 Å². The number of aliphatic hydroxyl groups excluding tert-OH is 4. The summed E-state index contributed by atoms with van der Waals surface area (Å²) in [6.07, 6.45) is -6.38. The number of hydrogen-bond acceptors (Lipinski definition) is 9. The van der Waals surface area contributed by atoms with Crippen molar-refractivity contribution in [2.75, 3.05) is 19.8 Å². The summed E-state index contributed by atoms with van der Waals surface area (Å²) >= 11 is 0. The van der Waals surface area contributed by atoms with E-state index in [1.54, 1.807) is 16.8 Å². The van der Waals surface area contributed by atoms with E-state index in [-0.39, 0.29) is 24.4 Å². The minimum absolute atomic E-state index is 0.0323. The number of nitrogens with zero attached hydrogens (tertiary/aromatic N) is 2. The van der Waals surface area contributed by atoms with Crippen molar-refractivity contribution in [2.24, 2.45) is 0 Å². The van der Waals surface area contributed by atoms with Crippen molar-refractivity contribution < 1.29 is 43.8 Å². The summed E-state index contributed by atoms with van der Waals surface area (Å²) in [6, 6.07) is 4.66. The molecule has 1 aromatic carbocycles. The van der Waals surface area contributed by atoms with Crippen LogP contribution in [0.4, 0.5) is 4.39 Å². The SMILES string of the molecule is Cc1c(Cc2ccc(OC3CCOC3)cc2F)c(O[C@@H]2O[C@H](CO)[C@@H](O)[C@H](O)[C@H]2O)nn1C(C)C. The van der Waals surface area contributed by atoms with Crippen LogP contribution in [-0.4, -0.2) is 86.8 Å². The van der Waals surface area contributed by atoms with Crippen molar-refractivity contribution in [3.8, 4) is 11.6 Å². The lowest BCUT2D eigenvalue weighted by Gasteiger charge is -2.39. The molecule has 0 radical (unpaired) electrons. The van der Waals surface area contributed by atoms with Crippen LogP contribution in [0.1, 0.15) is 43.1 Å². The molecule has 10 nitrogen and oxygen atoms in total. The van der Waals surface area contributed by atoms with E-state index in [4.69, 9.17) is 18.9 Å². The molecule has 0 amide bonds. The topological polar surface area (TPSA) is 136 Å². The number of hydrogen-bond donors (Lipinski definition) is 4. The molecule has 2 fully saturated rings. The molecule has 4 N–H and O–H groups in total. The van der Waals surface area contributed by atoms with Crippen LogP contribution in [-0.2, 0) is 15.9 Å². The fraction of sp³-hybridized carbons (Fsp3) is 0.625. The highest BCUT2D eigenvalue weighted by Gasteiger charge is 2.45. The lowest BCUT2D eigenvalue weighted by Crippen LogP contribution is -2.60. The summed E-state index contributed by atoms with van der Waals surface area (Å²) in [4.78, 5) is 0. The molecule has 1 unspecified atom stereocenters. The molecule has 11 heteroatoms. The summed E-state index contributed by atoms with van der Waals surface area (Å²) in [5.41, 5.74) is 1.71. The van der Waals surface area contributed by atoms with Gasteiger partial charge >= 0.3 is 0 Å². The van der Waals surface area contributed by atoms with Crippen LogP contribution < -0.4 is 9.47 Å². The number of halogens is 1. The first-order valence-electron chi connectivity index (χ1n) is 11.8. The Bertz CT molecular complexity index is 1010. The van der Waals surface area contributed by atoms with Gasteiger partial charge in [0, 0.05) is 36.2 Å². The molecular weight excluding hydrogens is 463 g/mol. The van der Waals surface area contributed by atoms with Crippen LogP contribution in [0, 0.1) is 12.7 Å². The third-order valence-corrected chi connectivity index (χ3v) is 6.38. The first-order valence-corrected chi connectivity index (χ1v) is 11.8. The van der Waals surface area contributed by atoms with Crippen molar-refractivity contribution in [3.05, 3.63) is 40.8 Å². The van der Waals surface area contributed by atoms with Gasteiger partial charge in [-0.3, -0.25) is 4.68 Å². The lowest BCUT2D eigenvalue weighted by molar-refractivity contribution is -0.278. The highest BCUT2D eigenvalue weighted by molar-refractivity contribution is 5.39. The summed E-state index contributed by atoms with van der Waals surface area (Å²) < 4.78 is 39.1. The van der Waals surface area contributed by atoms with Gasteiger partial charge in [-0.15, -0.1) is 5.10 Å². The molecule has 194 valence electrons. The highest BCUT2D eigenvalue weighted by Crippen LogP contribution is 2.32. The molecule has 3 heterocycles. The van der Waals surface area contributed by atoms with Gasteiger partial charge in [0.15, 0.2) is 0 Å². The van der Waals surface area contributed by atoms with Gasteiger partial charge in [-0.25, -0.2) is 4.39 Å². The quantitative estimate of drug-likeness (QED) is 0.419. The average molecular weight is 497 g/mol. The van der Waals surface area contributed by atoms with Gasteiger partial charge in [-0.2, -0.15) is 0 Å². The summed E-state index contributed by atoms with van der Waals surface area (Å²) in [7, 11) is 0. The van der Waals surface area contributed by atoms with Crippen molar-refractivity contribution in [2.45, 2.75) is 76.5 Å². The molecule has 1 aromatic heterocycles. The van der Waals surface area contributed by atoms with Gasteiger partial charge in [-0.1, -0.05) is 6.07 Å². The molecule has 0 bridgehead atoms. The molecule has 2 saturated heterocycles. The maximum absolute atomic E-state index is 15.0. The molecule has 2 aliphatic rings. The van der Waals surface area contributed by atoms with Crippen molar-refractivity contribution >= 4 is 0 Å². The van der Waals surface area contributed by atoms with Crippen molar-refractivity contribution in [1.82, 2.24) is 9.78 Å². The molecule has 35 heavy (non-hydrogen) atoms.